The first-order valence-corrected chi connectivity index (χ1v) is 9.64. The second-order valence-corrected chi connectivity index (χ2v) is 7.75. The summed E-state index contributed by atoms with van der Waals surface area (Å²) in [6.45, 7) is 8.79. The molecule has 9 nitrogen and oxygen atoms in total. The van der Waals surface area contributed by atoms with Crippen LogP contribution in [0.15, 0.2) is 29.3 Å². The Balaban J connectivity index is 1.64. The van der Waals surface area contributed by atoms with Gasteiger partial charge in [0.15, 0.2) is 11.2 Å². The van der Waals surface area contributed by atoms with E-state index >= 15 is 0 Å². The summed E-state index contributed by atoms with van der Waals surface area (Å²) < 4.78 is 8.50. The van der Waals surface area contributed by atoms with Crippen molar-refractivity contribution in [3.63, 3.8) is 0 Å². The van der Waals surface area contributed by atoms with E-state index in [1.54, 1.807) is 9.58 Å². The SMILES string of the molecule is Cc1cc(C)cc(-n2nnc3c(=O)n(CC(=O)N4C[C@H](C)O[C@@H](C)C4)cnc32)c1. The number of aryl methyl sites for hydroxylation is 2. The average Bonchev–Trinajstić information content (AvgIpc) is 3.07. The maximum atomic E-state index is 12.9. The molecule has 29 heavy (non-hydrogen) atoms. The third kappa shape index (κ3) is 3.77. The molecule has 3 heterocycles. The maximum absolute atomic E-state index is 12.9. The molecule has 1 saturated heterocycles. The molecule has 0 radical (unpaired) electrons. The number of hydrogen-bond donors (Lipinski definition) is 0. The number of benzene rings is 1. The molecule has 3 aromatic rings. The Morgan fingerprint density at radius 1 is 1.14 bits per heavy atom. The number of carbonyl (C=O) groups excluding carboxylic acids is 1. The summed E-state index contributed by atoms with van der Waals surface area (Å²) >= 11 is 0. The number of aromatic nitrogens is 5. The van der Waals surface area contributed by atoms with Gasteiger partial charge in [0.2, 0.25) is 5.91 Å². The van der Waals surface area contributed by atoms with Crippen molar-refractivity contribution in [1.82, 2.24) is 29.4 Å². The first-order chi connectivity index (χ1) is 13.8. The zero-order valence-electron chi connectivity index (χ0n) is 17.0. The predicted molar refractivity (Wildman–Crippen MR) is 107 cm³/mol. The van der Waals surface area contributed by atoms with E-state index in [4.69, 9.17) is 4.74 Å². The first kappa shape index (κ1) is 19.3. The molecule has 2 atom stereocenters. The van der Waals surface area contributed by atoms with Gasteiger partial charge in [0.25, 0.3) is 5.56 Å². The molecule has 4 rings (SSSR count). The van der Waals surface area contributed by atoms with E-state index in [0.29, 0.717) is 18.7 Å². The Labute approximate surface area is 167 Å². The Morgan fingerprint density at radius 2 is 1.79 bits per heavy atom. The van der Waals surface area contributed by atoms with Gasteiger partial charge in [-0.2, -0.15) is 4.68 Å². The lowest BCUT2D eigenvalue weighted by Crippen LogP contribution is -2.49. The number of amides is 1. The minimum absolute atomic E-state index is 0.0299. The number of nitrogens with zero attached hydrogens (tertiary/aromatic N) is 6. The van der Waals surface area contributed by atoms with Gasteiger partial charge in [-0.3, -0.25) is 14.2 Å². The fourth-order valence-corrected chi connectivity index (χ4v) is 3.83. The van der Waals surface area contributed by atoms with Crippen molar-refractivity contribution in [2.45, 2.75) is 46.4 Å². The van der Waals surface area contributed by atoms with Gasteiger partial charge in [0.05, 0.1) is 17.9 Å². The molecule has 1 aliphatic rings. The average molecular weight is 396 g/mol. The molecule has 0 spiro atoms. The van der Waals surface area contributed by atoms with Crippen LogP contribution in [0.3, 0.4) is 0 Å². The molecule has 152 valence electrons. The standard InChI is InChI=1S/C20H24N6O3/c1-12-5-13(2)7-16(6-12)26-19-18(22-23-26)20(28)25(11-21-19)10-17(27)24-8-14(3)29-15(4)9-24/h5-7,11,14-15H,8-10H2,1-4H3/t14-,15-/m0/s1. The smallest absolute Gasteiger partial charge is 0.284 e. The quantitative estimate of drug-likeness (QED) is 0.661. The van der Waals surface area contributed by atoms with Crippen molar-refractivity contribution in [2.75, 3.05) is 13.1 Å². The number of fused-ring (bicyclic) bond motifs is 1. The highest BCUT2D eigenvalue weighted by Crippen LogP contribution is 2.16. The van der Waals surface area contributed by atoms with Crippen molar-refractivity contribution in [3.8, 4) is 5.69 Å². The van der Waals surface area contributed by atoms with Crippen LogP contribution in [0, 0.1) is 13.8 Å². The van der Waals surface area contributed by atoms with Crippen LogP contribution in [0.2, 0.25) is 0 Å². The van der Waals surface area contributed by atoms with Gasteiger partial charge in [-0.25, -0.2) is 4.98 Å². The number of rotatable bonds is 3. The van der Waals surface area contributed by atoms with Crippen molar-refractivity contribution >= 4 is 17.1 Å². The van der Waals surface area contributed by atoms with Crippen molar-refractivity contribution in [2.24, 2.45) is 0 Å². The van der Waals surface area contributed by atoms with Crippen LogP contribution in [0.25, 0.3) is 16.9 Å². The highest BCUT2D eigenvalue weighted by Gasteiger charge is 2.26. The minimum Gasteiger partial charge on any atom is -0.372 e. The van der Waals surface area contributed by atoms with Crippen molar-refractivity contribution in [1.29, 1.82) is 0 Å². The van der Waals surface area contributed by atoms with Crippen molar-refractivity contribution < 1.29 is 9.53 Å². The molecule has 0 unspecified atom stereocenters. The Morgan fingerprint density at radius 3 is 2.45 bits per heavy atom. The zero-order valence-corrected chi connectivity index (χ0v) is 17.0. The molecule has 9 heteroatoms. The summed E-state index contributed by atoms with van der Waals surface area (Å²) in [5.41, 5.74) is 3.09. The van der Waals surface area contributed by atoms with Crippen LogP contribution >= 0.6 is 0 Å². The Kier molecular flexibility index (Phi) is 4.91. The third-order valence-electron chi connectivity index (χ3n) is 4.96. The molecule has 2 aromatic heterocycles. The van der Waals surface area contributed by atoms with Crippen LogP contribution in [0.4, 0.5) is 0 Å². The molecular formula is C20H24N6O3. The molecule has 0 bridgehead atoms. The topological polar surface area (TPSA) is 95.1 Å². The third-order valence-corrected chi connectivity index (χ3v) is 4.96. The van der Waals surface area contributed by atoms with E-state index < -0.39 is 0 Å². The van der Waals surface area contributed by atoms with E-state index in [2.05, 4.69) is 21.4 Å². The summed E-state index contributed by atoms with van der Waals surface area (Å²) in [7, 11) is 0. The van der Waals surface area contributed by atoms with E-state index in [1.165, 1.54) is 10.9 Å². The van der Waals surface area contributed by atoms with Crippen LogP contribution in [-0.4, -0.2) is 60.6 Å². The lowest BCUT2D eigenvalue weighted by atomic mass is 10.1. The van der Waals surface area contributed by atoms with Crippen LogP contribution in [0.1, 0.15) is 25.0 Å². The molecule has 1 aliphatic heterocycles. The zero-order chi connectivity index (χ0) is 20.7. The number of hydrogen-bond acceptors (Lipinski definition) is 6. The normalized spacial score (nSPS) is 19.7. The fourth-order valence-electron chi connectivity index (χ4n) is 3.83. The van der Waals surface area contributed by atoms with Gasteiger partial charge in [-0.1, -0.05) is 11.3 Å². The summed E-state index contributed by atoms with van der Waals surface area (Å²) in [5, 5.41) is 8.15. The van der Waals surface area contributed by atoms with E-state index in [0.717, 1.165) is 16.8 Å². The molecule has 1 fully saturated rings. The van der Waals surface area contributed by atoms with Gasteiger partial charge in [-0.15, -0.1) is 5.10 Å². The van der Waals surface area contributed by atoms with Crippen LogP contribution in [-0.2, 0) is 16.1 Å². The van der Waals surface area contributed by atoms with Gasteiger partial charge in [-0.05, 0) is 51.0 Å². The van der Waals surface area contributed by atoms with E-state index in [9.17, 15) is 9.59 Å². The minimum atomic E-state index is -0.381. The van der Waals surface area contributed by atoms with Gasteiger partial charge < -0.3 is 9.64 Å². The van der Waals surface area contributed by atoms with E-state index in [1.807, 2.05) is 39.8 Å². The maximum Gasteiger partial charge on any atom is 0.284 e. The monoisotopic (exact) mass is 396 g/mol. The van der Waals surface area contributed by atoms with Gasteiger partial charge in [0.1, 0.15) is 12.9 Å². The van der Waals surface area contributed by atoms with Gasteiger partial charge in [0, 0.05) is 13.1 Å². The molecule has 1 aromatic carbocycles. The molecule has 0 aliphatic carbocycles. The van der Waals surface area contributed by atoms with Gasteiger partial charge >= 0.3 is 0 Å². The first-order valence-electron chi connectivity index (χ1n) is 9.64. The summed E-state index contributed by atoms with van der Waals surface area (Å²) in [5.74, 6) is -0.142. The second kappa shape index (κ2) is 7.40. The summed E-state index contributed by atoms with van der Waals surface area (Å²) in [6.07, 6.45) is 1.33. The Bertz CT molecular complexity index is 1100. The molecule has 0 saturated carbocycles. The lowest BCUT2D eigenvalue weighted by Gasteiger charge is -2.35. The highest BCUT2D eigenvalue weighted by molar-refractivity contribution is 5.77. The summed E-state index contributed by atoms with van der Waals surface area (Å²) in [6, 6.07) is 5.97. The van der Waals surface area contributed by atoms with Crippen LogP contribution < -0.4 is 5.56 Å². The number of carbonyl (C=O) groups is 1. The fraction of sp³-hybridized carbons (Fsp3) is 0.450. The highest BCUT2D eigenvalue weighted by atomic mass is 16.5. The predicted octanol–water partition coefficient (Wildman–Crippen LogP) is 1.23. The Hall–Kier alpha value is -3.07. The van der Waals surface area contributed by atoms with Crippen molar-refractivity contribution in [3.05, 3.63) is 46.0 Å². The molecule has 1 amide bonds. The van der Waals surface area contributed by atoms with E-state index in [-0.39, 0.29) is 35.7 Å². The number of ether oxygens (including phenoxy) is 1. The second-order valence-electron chi connectivity index (χ2n) is 7.75. The lowest BCUT2D eigenvalue weighted by molar-refractivity contribution is -0.143. The number of morpholine rings is 1. The molecule has 0 N–H and O–H groups in total. The largest absolute Gasteiger partial charge is 0.372 e. The summed E-state index contributed by atoms with van der Waals surface area (Å²) in [4.78, 5) is 31.7. The van der Waals surface area contributed by atoms with Crippen LogP contribution in [0.5, 0.6) is 0 Å². The molecular weight excluding hydrogens is 372 g/mol.